The van der Waals surface area contributed by atoms with E-state index in [-0.39, 0.29) is 0 Å². The topological polar surface area (TPSA) is 25.4 Å². The van der Waals surface area contributed by atoms with Gasteiger partial charge in [0.15, 0.2) is 0 Å². The minimum Gasteiger partial charge on any atom is -0.492 e. The Hall–Kier alpha value is -1.87. The second kappa shape index (κ2) is 6.17. The van der Waals surface area contributed by atoms with Crippen LogP contribution in [0.4, 0.5) is 0 Å². The van der Waals surface area contributed by atoms with Gasteiger partial charge in [0.2, 0.25) is 0 Å². The predicted molar refractivity (Wildman–Crippen MR) is 73.7 cm³/mol. The molecule has 0 saturated heterocycles. The monoisotopic (exact) mass is 242 g/mol. The van der Waals surface area contributed by atoms with E-state index in [1.54, 1.807) is 12.4 Å². The Morgan fingerprint density at radius 2 is 1.83 bits per heavy atom. The zero-order valence-corrected chi connectivity index (χ0v) is 10.8. The highest BCUT2D eigenvalue weighted by Gasteiger charge is 2.00. The molecule has 0 bridgehead atoms. The van der Waals surface area contributed by atoms with Gasteiger partial charge >= 0.3 is 0 Å². The highest BCUT2D eigenvalue weighted by molar-refractivity contribution is 5.64. The first-order valence-corrected chi connectivity index (χ1v) is 6.04. The van der Waals surface area contributed by atoms with Gasteiger partial charge < -0.3 is 9.64 Å². The number of rotatable bonds is 5. The number of ether oxygens (including phenoxy) is 1. The van der Waals surface area contributed by atoms with E-state index in [0.29, 0.717) is 6.61 Å². The van der Waals surface area contributed by atoms with Crippen LogP contribution >= 0.6 is 0 Å². The molecule has 1 aromatic heterocycles. The number of nitrogens with zero attached hydrogens (tertiary/aromatic N) is 2. The highest BCUT2D eigenvalue weighted by atomic mass is 16.5. The summed E-state index contributed by atoms with van der Waals surface area (Å²) in [5.41, 5.74) is 2.31. The van der Waals surface area contributed by atoms with Gasteiger partial charge in [-0.25, -0.2) is 0 Å². The lowest BCUT2D eigenvalue weighted by molar-refractivity contribution is 0.261. The lowest BCUT2D eigenvalue weighted by Crippen LogP contribution is -2.19. The van der Waals surface area contributed by atoms with Gasteiger partial charge in [-0.2, -0.15) is 0 Å². The minimum absolute atomic E-state index is 0.701. The molecule has 94 valence electrons. The van der Waals surface area contributed by atoms with E-state index < -0.39 is 0 Å². The molecule has 0 saturated carbocycles. The molecule has 2 aromatic rings. The minimum atomic E-state index is 0.701. The van der Waals surface area contributed by atoms with Gasteiger partial charge in [0.05, 0.1) is 0 Å². The zero-order chi connectivity index (χ0) is 12.8. The maximum atomic E-state index is 5.72. The van der Waals surface area contributed by atoms with Crippen LogP contribution in [0.5, 0.6) is 5.75 Å². The SMILES string of the molecule is CN(C)CCOc1cccc(-c2ccncc2)c1. The number of benzene rings is 1. The maximum Gasteiger partial charge on any atom is 0.119 e. The van der Waals surface area contributed by atoms with Crippen LogP contribution in [-0.2, 0) is 0 Å². The van der Waals surface area contributed by atoms with E-state index in [0.717, 1.165) is 23.4 Å². The molecular formula is C15H18N2O. The number of pyridine rings is 1. The third-order valence-corrected chi connectivity index (χ3v) is 2.65. The molecule has 0 atom stereocenters. The summed E-state index contributed by atoms with van der Waals surface area (Å²) in [7, 11) is 4.08. The van der Waals surface area contributed by atoms with Gasteiger partial charge in [0.1, 0.15) is 12.4 Å². The van der Waals surface area contributed by atoms with Crippen molar-refractivity contribution in [3.8, 4) is 16.9 Å². The standard InChI is InChI=1S/C15H18N2O/c1-17(2)10-11-18-15-5-3-4-14(12-15)13-6-8-16-9-7-13/h3-9,12H,10-11H2,1-2H3. The largest absolute Gasteiger partial charge is 0.492 e. The molecule has 3 nitrogen and oxygen atoms in total. The van der Waals surface area contributed by atoms with Gasteiger partial charge in [-0.1, -0.05) is 12.1 Å². The number of aromatic nitrogens is 1. The van der Waals surface area contributed by atoms with Crippen LogP contribution in [0.25, 0.3) is 11.1 Å². The van der Waals surface area contributed by atoms with E-state index in [9.17, 15) is 0 Å². The fraction of sp³-hybridized carbons (Fsp3) is 0.267. The number of hydrogen-bond acceptors (Lipinski definition) is 3. The summed E-state index contributed by atoms with van der Waals surface area (Å²) in [6, 6.07) is 12.1. The van der Waals surface area contributed by atoms with Crippen molar-refractivity contribution in [1.82, 2.24) is 9.88 Å². The molecule has 0 spiro atoms. The van der Waals surface area contributed by atoms with E-state index in [4.69, 9.17) is 4.74 Å². The van der Waals surface area contributed by atoms with Gasteiger partial charge in [0.25, 0.3) is 0 Å². The second-order valence-corrected chi connectivity index (χ2v) is 4.42. The Labute approximate surface area is 108 Å². The zero-order valence-electron chi connectivity index (χ0n) is 10.8. The van der Waals surface area contributed by atoms with E-state index >= 15 is 0 Å². The lowest BCUT2D eigenvalue weighted by atomic mass is 10.1. The molecule has 0 aliphatic heterocycles. The van der Waals surface area contributed by atoms with E-state index in [1.807, 2.05) is 38.4 Å². The normalized spacial score (nSPS) is 10.6. The van der Waals surface area contributed by atoms with Gasteiger partial charge in [-0.05, 0) is 49.5 Å². The first kappa shape index (κ1) is 12.6. The quantitative estimate of drug-likeness (QED) is 0.806. The smallest absolute Gasteiger partial charge is 0.119 e. The summed E-state index contributed by atoms with van der Waals surface area (Å²) in [5.74, 6) is 0.908. The van der Waals surface area contributed by atoms with Crippen LogP contribution in [0.15, 0.2) is 48.8 Å². The van der Waals surface area contributed by atoms with Crippen LogP contribution in [0, 0.1) is 0 Å². The molecule has 18 heavy (non-hydrogen) atoms. The van der Waals surface area contributed by atoms with Gasteiger partial charge in [0, 0.05) is 18.9 Å². The Balaban J connectivity index is 2.06. The molecule has 0 unspecified atom stereocenters. The van der Waals surface area contributed by atoms with Crippen molar-refractivity contribution in [2.75, 3.05) is 27.2 Å². The summed E-state index contributed by atoms with van der Waals surface area (Å²) in [6.07, 6.45) is 3.60. The molecule has 0 aliphatic rings. The Bertz CT molecular complexity index is 483. The van der Waals surface area contributed by atoms with Crippen LogP contribution in [0.1, 0.15) is 0 Å². The molecule has 0 fully saturated rings. The average Bonchev–Trinajstić information content (AvgIpc) is 2.40. The van der Waals surface area contributed by atoms with Crippen molar-refractivity contribution >= 4 is 0 Å². The van der Waals surface area contributed by atoms with Crippen LogP contribution < -0.4 is 4.74 Å². The Morgan fingerprint density at radius 3 is 2.56 bits per heavy atom. The molecular weight excluding hydrogens is 224 g/mol. The summed E-state index contributed by atoms with van der Waals surface area (Å²) in [4.78, 5) is 6.13. The number of hydrogen-bond donors (Lipinski definition) is 0. The molecule has 0 radical (unpaired) electrons. The van der Waals surface area contributed by atoms with Crippen LogP contribution in [-0.4, -0.2) is 37.1 Å². The maximum absolute atomic E-state index is 5.72. The highest BCUT2D eigenvalue weighted by Crippen LogP contribution is 2.23. The average molecular weight is 242 g/mol. The van der Waals surface area contributed by atoms with Crippen LogP contribution in [0.3, 0.4) is 0 Å². The summed E-state index contributed by atoms with van der Waals surface area (Å²) >= 11 is 0. The number of likely N-dealkylation sites (N-methyl/N-ethyl adjacent to an activating group) is 1. The lowest BCUT2D eigenvalue weighted by Gasteiger charge is -2.11. The molecule has 0 aliphatic carbocycles. The molecule has 0 N–H and O–H groups in total. The fourth-order valence-electron chi connectivity index (χ4n) is 1.66. The fourth-order valence-corrected chi connectivity index (χ4v) is 1.66. The molecule has 1 heterocycles. The van der Waals surface area contributed by atoms with Crippen molar-refractivity contribution in [3.63, 3.8) is 0 Å². The summed E-state index contributed by atoms with van der Waals surface area (Å²) in [6.45, 7) is 1.62. The van der Waals surface area contributed by atoms with Gasteiger partial charge in [-0.15, -0.1) is 0 Å². The second-order valence-electron chi connectivity index (χ2n) is 4.42. The van der Waals surface area contributed by atoms with Crippen LogP contribution in [0.2, 0.25) is 0 Å². The molecule has 2 rings (SSSR count). The van der Waals surface area contributed by atoms with Gasteiger partial charge in [-0.3, -0.25) is 4.98 Å². The first-order valence-electron chi connectivity index (χ1n) is 6.04. The first-order chi connectivity index (χ1) is 8.75. The van der Waals surface area contributed by atoms with Crippen molar-refractivity contribution in [1.29, 1.82) is 0 Å². The molecule has 3 heteroatoms. The summed E-state index contributed by atoms with van der Waals surface area (Å²) < 4.78 is 5.72. The molecule has 0 amide bonds. The van der Waals surface area contributed by atoms with Crippen molar-refractivity contribution < 1.29 is 4.74 Å². The third kappa shape index (κ3) is 3.57. The van der Waals surface area contributed by atoms with Crippen molar-refractivity contribution in [3.05, 3.63) is 48.8 Å². The molecule has 1 aromatic carbocycles. The predicted octanol–water partition coefficient (Wildman–Crippen LogP) is 2.69. The van der Waals surface area contributed by atoms with E-state index in [2.05, 4.69) is 22.0 Å². The van der Waals surface area contributed by atoms with E-state index in [1.165, 1.54) is 0 Å². The van der Waals surface area contributed by atoms with Crippen molar-refractivity contribution in [2.24, 2.45) is 0 Å². The Kier molecular flexibility index (Phi) is 4.31. The third-order valence-electron chi connectivity index (χ3n) is 2.65. The Morgan fingerprint density at radius 1 is 1.06 bits per heavy atom. The van der Waals surface area contributed by atoms with Crippen molar-refractivity contribution in [2.45, 2.75) is 0 Å². The summed E-state index contributed by atoms with van der Waals surface area (Å²) in [5, 5.41) is 0.